The predicted octanol–water partition coefficient (Wildman–Crippen LogP) is 2.24. The molecule has 4 heteroatoms. The average molecular weight is 288 g/mol. The molecule has 0 aliphatic carbocycles. The third-order valence-electron chi connectivity index (χ3n) is 4.28. The summed E-state index contributed by atoms with van der Waals surface area (Å²) in [5.74, 6) is 0. The van der Waals surface area contributed by atoms with E-state index in [0.29, 0.717) is 0 Å². The third kappa shape index (κ3) is 3.28. The Morgan fingerprint density at radius 1 is 1.33 bits per heavy atom. The number of hydrogen-bond donors (Lipinski definition) is 1. The maximum atomic E-state index is 9.83. The van der Waals surface area contributed by atoms with E-state index in [4.69, 9.17) is 4.74 Å². The van der Waals surface area contributed by atoms with E-state index in [0.717, 1.165) is 45.6 Å². The summed E-state index contributed by atoms with van der Waals surface area (Å²) in [6, 6.07) is 8.53. The van der Waals surface area contributed by atoms with Crippen molar-refractivity contribution in [3.05, 3.63) is 36.0 Å². The second kappa shape index (κ2) is 6.60. The molecule has 0 spiro atoms. The molecule has 3 rings (SSSR count). The molecule has 2 aromatic rings. The van der Waals surface area contributed by atoms with Gasteiger partial charge in [0.05, 0.1) is 12.7 Å². The van der Waals surface area contributed by atoms with Crippen molar-refractivity contribution >= 4 is 10.9 Å². The first-order chi connectivity index (χ1) is 10.3. The number of aliphatic hydroxyl groups is 1. The van der Waals surface area contributed by atoms with Gasteiger partial charge in [-0.2, -0.15) is 0 Å². The number of piperidine rings is 1. The maximum Gasteiger partial charge on any atom is 0.0667 e. The molecule has 1 saturated heterocycles. The fourth-order valence-electron chi connectivity index (χ4n) is 3.24. The minimum atomic E-state index is -0.166. The quantitative estimate of drug-likeness (QED) is 0.917. The largest absolute Gasteiger partial charge is 0.392 e. The van der Waals surface area contributed by atoms with Crippen molar-refractivity contribution < 1.29 is 9.84 Å². The van der Waals surface area contributed by atoms with Gasteiger partial charge in [0.2, 0.25) is 0 Å². The van der Waals surface area contributed by atoms with Gasteiger partial charge in [0.1, 0.15) is 0 Å². The number of hydrogen-bond acceptors (Lipinski definition) is 3. The van der Waals surface area contributed by atoms with Crippen LogP contribution in [-0.2, 0) is 17.8 Å². The molecule has 0 radical (unpaired) electrons. The summed E-state index contributed by atoms with van der Waals surface area (Å²) in [5, 5.41) is 11.1. The number of nitrogens with zero attached hydrogens (tertiary/aromatic N) is 2. The highest BCUT2D eigenvalue weighted by atomic mass is 16.5. The van der Waals surface area contributed by atoms with Gasteiger partial charge in [0.25, 0.3) is 0 Å². The van der Waals surface area contributed by atoms with Crippen LogP contribution < -0.4 is 0 Å². The van der Waals surface area contributed by atoms with Crippen LogP contribution in [0.3, 0.4) is 0 Å². The molecule has 1 aliphatic rings. The summed E-state index contributed by atoms with van der Waals surface area (Å²) >= 11 is 0. The molecule has 0 unspecified atom stereocenters. The van der Waals surface area contributed by atoms with Crippen molar-refractivity contribution in [2.45, 2.75) is 32.0 Å². The molecular weight excluding hydrogens is 264 g/mol. The van der Waals surface area contributed by atoms with Gasteiger partial charge in [-0.3, -0.25) is 4.90 Å². The highest BCUT2D eigenvalue weighted by Crippen LogP contribution is 2.24. The lowest BCUT2D eigenvalue weighted by atomic mass is 10.1. The molecule has 1 N–H and O–H groups in total. The first-order valence-corrected chi connectivity index (χ1v) is 7.74. The zero-order valence-corrected chi connectivity index (χ0v) is 12.7. The maximum absolute atomic E-state index is 9.83. The molecule has 4 nitrogen and oxygen atoms in total. The van der Waals surface area contributed by atoms with Crippen LogP contribution in [0.25, 0.3) is 10.9 Å². The first-order valence-electron chi connectivity index (χ1n) is 7.74. The van der Waals surface area contributed by atoms with E-state index in [1.165, 1.54) is 16.5 Å². The second-order valence-electron chi connectivity index (χ2n) is 5.89. The number of β-amino-alcohol motifs (C(OH)–C–C–N with tert-alkyl or cyclic N) is 1. The fraction of sp³-hybridized carbons (Fsp3) is 0.529. The Balaban J connectivity index is 1.84. The van der Waals surface area contributed by atoms with Crippen LogP contribution in [0.5, 0.6) is 0 Å². The molecule has 0 bridgehead atoms. The van der Waals surface area contributed by atoms with Crippen LogP contribution >= 0.6 is 0 Å². The Bertz CT molecular complexity index is 593. The van der Waals surface area contributed by atoms with Crippen LogP contribution in [0.4, 0.5) is 0 Å². The summed E-state index contributed by atoms with van der Waals surface area (Å²) < 4.78 is 7.48. The Morgan fingerprint density at radius 3 is 3.00 bits per heavy atom. The standard InChI is InChI=1S/C17H24N2O2/c1-21-10-9-19-12-14(16-6-2-3-7-17(16)19)11-18-8-4-5-15(20)13-18/h2-3,6-7,12,15,20H,4-5,8-11,13H2,1H3/t15-/m1/s1. The van der Waals surface area contributed by atoms with Crippen LogP contribution in [0, 0.1) is 0 Å². The molecule has 0 saturated carbocycles. The lowest BCUT2D eigenvalue weighted by Crippen LogP contribution is -2.37. The van der Waals surface area contributed by atoms with Crippen LogP contribution in [0.2, 0.25) is 0 Å². The zero-order valence-electron chi connectivity index (χ0n) is 12.7. The summed E-state index contributed by atoms with van der Waals surface area (Å²) in [5.41, 5.74) is 2.61. The Morgan fingerprint density at radius 2 is 2.19 bits per heavy atom. The lowest BCUT2D eigenvalue weighted by molar-refractivity contribution is 0.0670. The normalized spacial score (nSPS) is 20.2. The van der Waals surface area contributed by atoms with E-state index >= 15 is 0 Å². The molecule has 2 heterocycles. The van der Waals surface area contributed by atoms with Gasteiger partial charge in [-0.1, -0.05) is 18.2 Å². The van der Waals surface area contributed by atoms with Crippen molar-refractivity contribution in [3.8, 4) is 0 Å². The first kappa shape index (κ1) is 14.6. The summed E-state index contributed by atoms with van der Waals surface area (Å²) in [7, 11) is 1.74. The minimum absolute atomic E-state index is 0.166. The van der Waals surface area contributed by atoms with E-state index < -0.39 is 0 Å². The molecule has 1 aliphatic heterocycles. The van der Waals surface area contributed by atoms with Crippen LogP contribution in [0.15, 0.2) is 30.5 Å². The number of benzene rings is 1. The van der Waals surface area contributed by atoms with Gasteiger partial charge in [-0.15, -0.1) is 0 Å². The summed E-state index contributed by atoms with van der Waals surface area (Å²) in [6.45, 7) is 4.38. The molecule has 1 atom stereocenters. The van der Waals surface area contributed by atoms with E-state index in [2.05, 4.69) is 39.9 Å². The number of likely N-dealkylation sites (tertiary alicyclic amines) is 1. The molecule has 1 aromatic carbocycles. The monoisotopic (exact) mass is 288 g/mol. The number of aliphatic hydroxyl groups excluding tert-OH is 1. The van der Waals surface area contributed by atoms with Crippen molar-refractivity contribution in [2.75, 3.05) is 26.8 Å². The van der Waals surface area contributed by atoms with Crippen molar-refractivity contribution in [1.82, 2.24) is 9.47 Å². The van der Waals surface area contributed by atoms with E-state index in [1.54, 1.807) is 7.11 Å². The van der Waals surface area contributed by atoms with Gasteiger partial charge in [0.15, 0.2) is 0 Å². The SMILES string of the molecule is COCCn1cc(CN2CCC[C@@H](O)C2)c2ccccc21. The lowest BCUT2D eigenvalue weighted by Gasteiger charge is -2.29. The van der Waals surface area contributed by atoms with Crippen LogP contribution in [0.1, 0.15) is 18.4 Å². The Kier molecular flexibility index (Phi) is 4.58. The topological polar surface area (TPSA) is 37.6 Å². The molecule has 1 fully saturated rings. The number of para-hydroxylation sites is 1. The van der Waals surface area contributed by atoms with Gasteiger partial charge < -0.3 is 14.4 Å². The van der Waals surface area contributed by atoms with E-state index in [9.17, 15) is 5.11 Å². The molecule has 21 heavy (non-hydrogen) atoms. The highest BCUT2D eigenvalue weighted by molar-refractivity contribution is 5.83. The Labute approximate surface area is 125 Å². The number of aromatic nitrogens is 1. The van der Waals surface area contributed by atoms with Crippen molar-refractivity contribution in [2.24, 2.45) is 0 Å². The zero-order chi connectivity index (χ0) is 14.7. The smallest absolute Gasteiger partial charge is 0.0667 e. The van der Waals surface area contributed by atoms with Gasteiger partial charge in [-0.05, 0) is 31.0 Å². The average Bonchev–Trinajstić information content (AvgIpc) is 2.84. The minimum Gasteiger partial charge on any atom is -0.392 e. The summed E-state index contributed by atoms with van der Waals surface area (Å²) in [6.07, 6.45) is 4.10. The van der Waals surface area contributed by atoms with Gasteiger partial charge in [0, 0.05) is 43.8 Å². The van der Waals surface area contributed by atoms with Gasteiger partial charge >= 0.3 is 0 Å². The van der Waals surface area contributed by atoms with Crippen molar-refractivity contribution in [3.63, 3.8) is 0 Å². The van der Waals surface area contributed by atoms with Crippen LogP contribution in [-0.4, -0.2) is 47.5 Å². The Hall–Kier alpha value is -1.36. The van der Waals surface area contributed by atoms with Crippen molar-refractivity contribution in [1.29, 1.82) is 0 Å². The molecule has 0 amide bonds. The number of methoxy groups -OCH3 is 1. The second-order valence-corrected chi connectivity index (χ2v) is 5.89. The molecule has 1 aromatic heterocycles. The van der Waals surface area contributed by atoms with E-state index in [1.807, 2.05) is 0 Å². The van der Waals surface area contributed by atoms with Gasteiger partial charge in [-0.25, -0.2) is 0 Å². The number of rotatable bonds is 5. The fourth-order valence-corrected chi connectivity index (χ4v) is 3.24. The number of fused-ring (bicyclic) bond motifs is 1. The molecule has 114 valence electrons. The summed E-state index contributed by atoms with van der Waals surface area (Å²) in [4.78, 5) is 2.36. The third-order valence-corrected chi connectivity index (χ3v) is 4.28. The highest BCUT2D eigenvalue weighted by Gasteiger charge is 2.19. The number of ether oxygens (including phenoxy) is 1. The molecular formula is C17H24N2O2. The predicted molar refractivity (Wildman–Crippen MR) is 84.3 cm³/mol. The van der Waals surface area contributed by atoms with E-state index in [-0.39, 0.29) is 6.10 Å².